The predicted octanol–water partition coefficient (Wildman–Crippen LogP) is 1.96. The lowest BCUT2D eigenvalue weighted by atomic mass is 9.87. The predicted molar refractivity (Wildman–Crippen MR) is 70.1 cm³/mol. The molecule has 1 aliphatic rings. The second-order valence-corrected chi connectivity index (χ2v) is 4.97. The van der Waals surface area contributed by atoms with Crippen LogP contribution in [0.5, 0.6) is 0 Å². The SMILES string of the molecule is Cc1cc(N(C)C)ccc1NC1CC(N)C1. The zero-order valence-electron chi connectivity index (χ0n) is 10.3. The van der Waals surface area contributed by atoms with Crippen molar-refractivity contribution >= 4 is 11.4 Å². The monoisotopic (exact) mass is 219 g/mol. The van der Waals surface area contributed by atoms with Gasteiger partial charge in [-0.1, -0.05) is 0 Å². The van der Waals surface area contributed by atoms with Crippen molar-refractivity contribution in [1.82, 2.24) is 0 Å². The van der Waals surface area contributed by atoms with E-state index in [4.69, 9.17) is 5.73 Å². The molecule has 0 atom stereocenters. The molecular formula is C13H21N3. The van der Waals surface area contributed by atoms with Crippen LogP contribution in [0.2, 0.25) is 0 Å². The molecule has 2 rings (SSSR count). The van der Waals surface area contributed by atoms with Gasteiger partial charge in [-0.2, -0.15) is 0 Å². The van der Waals surface area contributed by atoms with Crippen molar-refractivity contribution in [3.8, 4) is 0 Å². The minimum absolute atomic E-state index is 0.402. The van der Waals surface area contributed by atoms with Gasteiger partial charge in [0, 0.05) is 37.6 Å². The Balaban J connectivity index is 2.05. The Morgan fingerprint density at radius 2 is 2.00 bits per heavy atom. The number of aryl methyl sites for hydroxylation is 1. The molecule has 0 radical (unpaired) electrons. The van der Waals surface area contributed by atoms with Crippen LogP contribution in [0, 0.1) is 6.92 Å². The standard InChI is InChI=1S/C13H21N3/c1-9-6-12(16(2)3)4-5-13(9)15-11-7-10(14)8-11/h4-6,10-11,15H,7-8,14H2,1-3H3. The van der Waals surface area contributed by atoms with E-state index >= 15 is 0 Å². The molecular weight excluding hydrogens is 198 g/mol. The van der Waals surface area contributed by atoms with Crippen LogP contribution in [0.15, 0.2) is 18.2 Å². The van der Waals surface area contributed by atoms with E-state index in [-0.39, 0.29) is 0 Å². The first-order valence-electron chi connectivity index (χ1n) is 5.86. The van der Waals surface area contributed by atoms with Crippen molar-refractivity contribution in [3.05, 3.63) is 23.8 Å². The lowest BCUT2D eigenvalue weighted by Crippen LogP contribution is -2.44. The Morgan fingerprint density at radius 1 is 1.31 bits per heavy atom. The maximum absolute atomic E-state index is 5.78. The molecule has 0 aromatic heterocycles. The fraction of sp³-hybridized carbons (Fsp3) is 0.538. The van der Waals surface area contributed by atoms with E-state index in [1.165, 1.54) is 16.9 Å². The number of benzene rings is 1. The third-order valence-corrected chi connectivity index (χ3v) is 3.26. The van der Waals surface area contributed by atoms with E-state index in [0.717, 1.165) is 12.8 Å². The molecule has 3 heteroatoms. The highest BCUT2D eigenvalue weighted by molar-refractivity contribution is 5.60. The van der Waals surface area contributed by atoms with Gasteiger partial charge in [0.1, 0.15) is 0 Å². The molecule has 3 nitrogen and oxygen atoms in total. The Hall–Kier alpha value is -1.22. The van der Waals surface area contributed by atoms with Crippen LogP contribution in [-0.4, -0.2) is 26.2 Å². The molecule has 3 N–H and O–H groups in total. The summed E-state index contributed by atoms with van der Waals surface area (Å²) in [4.78, 5) is 2.12. The summed E-state index contributed by atoms with van der Waals surface area (Å²) in [6.45, 7) is 2.15. The summed E-state index contributed by atoms with van der Waals surface area (Å²) in [5.74, 6) is 0. The molecule has 0 spiro atoms. The number of rotatable bonds is 3. The zero-order valence-corrected chi connectivity index (χ0v) is 10.3. The Labute approximate surface area is 97.6 Å². The summed E-state index contributed by atoms with van der Waals surface area (Å²) in [6, 6.07) is 7.49. The summed E-state index contributed by atoms with van der Waals surface area (Å²) in [5, 5.41) is 3.54. The molecule has 0 heterocycles. The topological polar surface area (TPSA) is 41.3 Å². The number of hydrogen-bond donors (Lipinski definition) is 2. The van der Waals surface area contributed by atoms with E-state index in [0.29, 0.717) is 12.1 Å². The zero-order chi connectivity index (χ0) is 11.7. The number of anilines is 2. The van der Waals surface area contributed by atoms with Crippen LogP contribution in [-0.2, 0) is 0 Å². The summed E-state index contributed by atoms with van der Waals surface area (Å²) < 4.78 is 0. The average molecular weight is 219 g/mol. The lowest BCUT2D eigenvalue weighted by Gasteiger charge is -2.34. The Kier molecular flexibility index (Phi) is 3.06. The van der Waals surface area contributed by atoms with Gasteiger partial charge in [0.25, 0.3) is 0 Å². The minimum atomic E-state index is 0.402. The maximum atomic E-state index is 5.78. The van der Waals surface area contributed by atoms with Gasteiger partial charge >= 0.3 is 0 Å². The molecule has 1 aromatic carbocycles. The summed E-state index contributed by atoms with van der Waals surface area (Å²) in [6.07, 6.45) is 2.18. The second-order valence-electron chi connectivity index (χ2n) is 4.97. The first-order chi connectivity index (χ1) is 7.56. The highest BCUT2D eigenvalue weighted by Gasteiger charge is 2.25. The number of nitrogens with zero attached hydrogens (tertiary/aromatic N) is 1. The van der Waals surface area contributed by atoms with Crippen LogP contribution >= 0.6 is 0 Å². The third kappa shape index (κ3) is 2.30. The van der Waals surface area contributed by atoms with Crippen LogP contribution in [0.25, 0.3) is 0 Å². The Bertz CT molecular complexity index is 367. The van der Waals surface area contributed by atoms with E-state index in [2.05, 4.69) is 49.4 Å². The molecule has 0 amide bonds. The lowest BCUT2D eigenvalue weighted by molar-refractivity contribution is 0.373. The molecule has 1 saturated carbocycles. The third-order valence-electron chi connectivity index (χ3n) is 3.26. The van der Waals surface area contributed by atoms with Crippen molar-refractivity contribution < 1.29 is 0 Å². The van der Waals surface area contributed by atoms with E-state index in [1.807, 2.05) is 0 Å². The van der Waals surface area contributed by atoms with Crippen molar-refractivity contribution in [3.63, 3.8) is 0 Å². The van der Waals surface area contributed by atoms with E-state index in [9.17, 15) is 0 Å². The maximum Gasteiger partial charge on any atom is 0.0373 e. The first kappa shape index (κ1) is 11.3. The van der Waals surface area contributed by atoms with Crippen LogP contribution in [0.3, 0.4) is 0 Å². The fourth-order valence-electron chi connectivity index (χ4n) is 2.09. The molecule has 0 aliphatic heterocycles. The van der Waals surface area contributed by atoms with Crippen molar-refractivity contribution in [2.24, 2.45) is 5.73 Å². The second kappa shape index (κ2) is 4.34. The van der Waals surface area contributed by atoms with Crippen molar-refractivity contribution in [2.75, 3.05) is 24.3 Å². The van der Waals surface area contributed by atoms with Gasteiger partial charge in [-0.3, -0.25) is 0 Å². The van der Waals surface area contributed by atoms with E-state index in [1.54, 1.807) is 0 Å². The molecule has 0 saturated heterocycles. The van der Waals surface area contributed by atoms with Crippen LogP contribution < -0.4 is 16.0 Å². The highest BCUT2D eigenvalue weighted by Crippen LogP contribution is 2.26. The van der Waals surface area contributed by atoms with Crippen LogP contribution in [0.1, 0.15) is 18.4 Å². The summed E-state index contributed by atoms with van der Waals surface area (Å²) >= 11 is 0. The quantitative estimate of drug-likeness (QED) is 0.816. The molecule has 88 valence electrons. The minimum Gasteiger partial charge on any atom is -0.382 e. The summed E-state index contributed by atoms with van der Waals surface area (Å²) in [5.41, 5.74) is 9.56. The van der Waals surface area contributed by atoms with Gasteiger partial charge in [0.15, 0.2) is 0 Å². The highest BCUT2D eigenvalue weighted by atomic mass is 15.1. The molecule has 0 unspecified atom stereocenters. The van der Waals surface area contributed by atoms with Crippen molar-refractivity contribution in [1.29, 1.82) is 0 Å². The first-order valence-corrected chi connectivity index (χ1v) is 5.86. The van der Waals surface area contributed by atoms with Gasteiger partial charge in [0.05, 0.1) is 0 Å². The van der Waals surface area contributed by atoms with Gasteiger partial charge in [0.2, 0.25) is 0 Å². The van der Waals surface area contributed by atoms with Gasteiger partial charge in [-0.05, 0) is 43.5 Å². The smallest absolute Gasteiger partial charge is 0.0373 e. The molecule has 1 fully saturated rings. The van der Waals surface area contributed by atoms with Gasteiger partial charge < -0.3 is 16.0 Å². The molecule has 0 bridgehead atoms. The number of nitrogens with one attached hydrogen (secondary N) is 1. The molecule has 16 heavy (non-hydrogen) atoms. The summed E-state index contributed by atoms with van der Waals surface area (Å²) in [7, 11) is 4.12. The molecule has 1 aliphatic carbocycles. The van der Waals surface area contributed by atoms with Gasteiger partial charge in [-0.15, -0.1) is 0 Å². The van der Waals surface area contributed by atoms with Gasteiger partial charge in [-0.25, -0.2) is 0 Å². The largest absolute Gasteiger partial charge is 0.382 e. The van der Waals surface area contributed by atoms with Crippen molar-refractivity contribution in [2.45, 2.75) is 31.8 Å². The number of hydrogen-bond acceptors (Lipinski definition) is 3. The van der Waals surface area contributed by atoms with Crippen LogP contribution in [0.4, 0.5) is 11.4 Å². The fourth-order valence-corrected chi connectivity index (χ4v) is 2.09. The Morgan fingerprint density at radius 3 is 2.50 bits per heavy atom. The average Bonchev–Trinajstić information content (AvgIpc) is 2.18. The number of nitrogens with two attached hydrogens (primary N) is 1. The normalized spacial score (nSPS) is 23.8. The molecule has 1 aromatic rings. The van der Waals surface area contributed by atoms with E-state index < -0.39 is 0 Å².